The van der Waals surface area contributed by atoms with Gasteiger partial charge in [-0.2, -0.15) is 0 Å². The van der Waals surface area contributed by atoms with Gasteiger partial charge in [0.2, 0.25) is 5.91 Å². The lowest BCUT2D eigenvalue weighted by Crippen LogP contribution is -2.13. The van der Waals surface area contributed by atoms with Gasteiger partial charge in [-0.25, -0.2) is 4.98 Å². The summed E-state index contributed by atoms with van der Waals surface area (Å²) in [5, 5.41) is 2.90. The molecule has 0 unspecified atom stereocenters. The molecule has 4 heteroatoms. The predicted octanol–water partition coefficient (Wildman–Crippen LogP) is 2.86. The monoisotopic (exact) mass is 244 g/mol. The molecular weight excluding hydrogens is 228 g/mol. The van der Waals surface area contributed by atoms with E-state index >= 15 is 0 Å². The summed E-state index contributed by atoms with van der Waals surface area (Å²) < 4.78 is 4.85. The van der Waals surface area contributed by atoms with Crippen LogP contribution in [-0.4, -0.2) is 10.9 Å². The second-order valence-electron chi connectivity index (χ2n) is 4.35. The highest BCUT2D eigenvalue weighted by Gasteiger charge is 2.06. The van der Waals surface area contributed by atoms with Crippen LogP contribution in [0.3, 0.4) is 0 Å². The lowest BCUT2D eigenvalue weighted by molar-refractivity contribution is -0.116. The molecule has 0 saturated carbocycles. The van der Waals surface area contributed by atoms with Crippen LogP contribution in [0.15, 0.2) is 35.3 Å². The first kappa shape index (κ1) is 12.4. The number of amides is 1. The second-order valence-corrected chi connectivity index (χ2v) is 4.35. The summed E-state index contributed by atoms with van der Waals surface area (Å²) in [5.41, 5.74) is 3.93. The maximum Gasteiger partial charge on any atom is 0.224 e. The van der Waals surface area contributed by atoms with E-state index in [4.69, 9.17) is 4.42 Å². The zero-order valence-electron chi connectivity index (χ0n) is 10.6. The molecule has 0 fully saturated rings. The number of hydrogen-bond acceptors (Lipinski definition) is 3. The van der Waals surface area contributed by atoms with Crippen LogP contribution >= 0.6 is 0 Å². The highest BCUT2D eigenvalue weighted by atomic mass is 16.3. The molecule has 1 aromatic carbocycles. The molecule has 94 valence electrons. The standard InChI is InChI=1S/C14H16N2O2/c1-10-3-5-13(11(2)7-10)16-14(17)6-4-12-8-18-9-15-12/h3,5,7-9H,4,6H2,1-2H3,(H,16,17). The number of benzene rings is 1. The fourth-order valence-corrected chi connectivity index (χ4v) is 1.77. The Bertz CT molecular complexity index is 533. The minimum Gasteiger partial charge on any atom is -0.451 e. The molecule has 2 rings (SSSR count). The predicted molar refractivity (Wildman–Crippen MR) is 69.4 cm³/mol. The molecule has 1 aromatic heterocycles. The fourth-order valence-electron chi connectivity index (χ4n) is 1.77. The van der Waals surface area contributed by atoms with E-state index in [-0.39, 0.29) is 5.91 Å². The number of anilines is 1. The minimum absolute atomic E-state index is 0.00930. The van der Waals surface area contributed by atoms with Crippen LogP contribution in [0.25, 0.3) is 0 Å². The van der Waals surface area contributed by atoms with Crippen LogP contribution in [0.1, 0.15) is 23.2 Å². The second kappa shape index (κ2) is 5.49. The van der Waals surface area contributed by atoms with Crippen molar-refractivity contribution in [2.24, 2.45) is 0 Å². The minimum atomic E-state index is -0.00930. The van der Waals surface area contributed by atoms with Gasteiger partial charge < -0.3 is 9.73 Å². The van der Waals surface area contributed by atoms with Gasteiger partial charge in [0.15, 0.2) is 6.39 Å². The first-order valence-corrected chi connectivity index (χ1v) is 5.89. The van der Waals surface area contributed by atoms with Crippen molar-refractivity contribution in [1.82, 2.24) is 4.98 Å². The van der Waals surface area contributed by atoms with E-state index in [2.05, 4.69) is 10.3 Å². The van der Waals surface area contributed by atoms with Crippen molar-refractivity contribution in [1.29, 1.82) is 0 Å². The van der Waals surface area contributed by atoms with Crippen LogP contribution in [0.4, 0.5) is 5.69 Å². The largest absolute Gasteiger partial charge is 0.451 e. The summed E-state index contributed by atoms with van der Waals surface area (Å²) in [7, 11) is 0. The van der Waals surface area contributed by atoms with Crippen molar-refractivity contribution in [3.05, 3.63) is 47.7 Å². The quantitative estimate of drug-likeness (QED) is 0.899. The maximum atomic E-state index is 11.8. The Morgan fingerprint density at radius 2 is 2.22 bits per heavy atom. The van der Waals surface area contributed by atoms with E-state index in [1.165, 1.54) is 12.0 Å². The maximum absolute atomic E-state index is 11.8. The number of rotatable bonds is 4. The van der Waals surface area contributed by atoms with Crippen LogP contribution in [0.5, 0.6) is 0 Å². The first-order chi connectivity index (χ1) is 8.65. The fraction of sp³-hybridized carbons (Fsp3) is 0.286. The summed E-state index contributed by atoms with van der Waals surface area (Å²) in [6.07, 6.45) is 3.93. The Kier molecular flexibility index (Phi) is 3.77. The van der Waals surface area contributed by atoms with Crippen LogP contribution in [-0.2, 0) is 11.2 Å². The molecule has 1 heterocycles. The molecule has 0 aliphatic carbocycles. The first-order valence-electron chi connectivity index (χ1n) is 5.89. The normalized spacial score (nSPS) is 10.3. The molecule has 18 heavy (non-hydrogen) atoms. The Morgan fingerprint density at radius 3 is 2.89 bits per heavy atom. The number of aromatic nitrogens is 1. The van der Waals surface area contributed by atoms with Gasteiger partial charge in [0.05, 0.1) is 5.69 Å². The van der Waals surface area contributed by atoms with Gasteiger partial charge in [-0.05, 0) is 25.5 Å². The topological polar surface area (TPSA) is 55.1 Å². The summed E-state index contributed by atoms with van der Waals surface area (Å²) in [6, 6.07) is 5.96. The van der Waals surface area contributed by atoms with Crippen LogP contribution in [0.2, 0.25) is 0 Å². The van der Waals surface area contributed by atoms with Crippen molar-refractivity contribution in [2.75, 3.05) is 5.32 Å². The third-order valence-corrected chi connectivity index (χ3v) is 2.75. The van der Waals surface area contributed by atoms with E-state index < -0.39 is 0 Å². The van der Waals surface area contributed by atoms with Gasteiger partial charge in [-0.1, -0.05) is 17.7 Å². The number of oxazole rings is 1. The Balaban J connectivity index is 1.91. The van der Waals surface area contributed by atoms with Crippen LogP contribution in [0, 0.1) is 13.8 Å². The van der Waals surface area contributed by atoms with E-state index in [0.717, 1.165) is 16.9 Å². The van der Waals surface area contributed by atoms with Gasteiger partial charge in [-0.3, -0.25) is 4.79 Å². The summed E-state index contributed by atoms with van der Waals surface area (Å²) >= 11 is 0. The number of nitrogens with zero attached hydrogens (tertiary/aromatic N) is 1. The van der Waals surface area contributed by atoms with Crippen molar-refractivity contribution in [3.8, 4) is 0 Å². The lowest BCUT2D eigenvalue weighted by atomic mass is 10.1. The molecule has 1 N–H and O–H groups in total. The molecule has 4 nitrogen and oxygen atoms in total. The van der Waals surface area contributed by atoms with Gasteiger partial charge in [0.1, 0.15) is 6.26 Å². The molecule has 1 amide bonds. The molecule has 0 bridgehead atoms. The van der Waals surface area contributed by atoms with Crippen molar-refractivity contribution in [2.45, 2.75) is 26.7 Å². The van der Waals surface area contributed by atoms with Crippen LogP contribution < -0.4 is 5.32 Å². The average molecular weight is 244 g/mol. The van der Waals surface area contributed by atoms with Gasteiger partial charge in [0, 0.05) is 18.5 Å². The highest BCUT2D eigenvalue weighted by molar-refractivity contribution is 5.91. The third-order valence-electron chi connectivity index (χ3n) is 2.75. The highest BCUT2D eigenvalue weighted by Crippen LogP contribution is 2.16. The van der Waals surface area contributed by atoms with Crippen molar-refractivity contribution >= 4 is 11.6 Å². The number of carbonyl (C=O) groups excluding carboxylic acids is 1. The average Bonchev–Trinajstić information content (AvgIpc) is 2.83. The number of carbonyl (C=O) groups is 1. The van der Waals surface area contributed by atoms with E-state index in [9.17, 15) is 4.79 Å². The SMILES string of the molecule is Cc1ccc(NC(=O)CCc2cocn2)c(C)c1. The molecule has 0 radical (unpaired) electrons. The van der Waals surface area contributed by atoms with E-state index in [0.29, 0.717) is 12.8 Å². The third kappa shape index (κ3) is 3.20. The summed E-state index contributed by atoms with van der Waals surface area (Å²) in [4.78, 5) is 15.8. The Morgan fingerprint density at radius 1 is 1.39 bits per heavy atom. The molecule has 0 aliphatic heterocycles. The molecule has 0 atom stereocenters. The number of aryl methyl sites for hydroxylation is 3. The molecule has 0 spiro atoms. The Labute approximate surface area is 106 Å². The lowest BCUT2D eigenvalue weighted by Gasteiger charge is -2.08. The molecule has 0 saturated heterocycles. The van der Waals surface area contributed by atoms with Gasteiger partial charge >= 0.3 is 0 Å². The smallest absolute Gasteiger partial charge is 0.224 e. The van der Waals surface area contributed by atoms with Gasteiger partial charge in [-0.15, -0.1) is 0 Å². The summed E-state index contributed by atoms with van der Waals surface area (Å²) in [5.74, 6) is -0.00930. The zero-order chi connectivity index (χ0) is 13.0. The number of nitrogens with one attached hydrogen (secondary N) is 1. The Hall–Kier alpha value is -2.10. The van der Waals surface area contributed by atoms with Gasteiger partial charge in [0.25, 0.3) is 0 Å². The summed E-state index contributed by atoms with van der Waals surface area (Å²) in [6.45, 7) is 4.02. The zero-order valence-corrected chi connectivity index (χ0v) is 10.6. The van der Waals surface area contributed by atoms with Crippen molar-refractivity contribution in [3.63, 3.8) is 0 Å². The number of hydrogen-bond donors (Lipinski definition) is 1. The van der Waals surface area contributed by atoms with E-state index in [1.54, 1.807) is 6.26 Å². The molecule has 0 aliphatic rings. The van der Waals surface area contributed by atoms with Crippen molar-refractivity contribution < 1.29 is 9.21 Å². The molecular formula is C14H16N2O2. The molecule has 2 aromatic rings. The van der Waals surface area contributed by atoms with E-state index in [1.807, 2.05) is 32.0 Å².